The third-order valence-corrected chi connectivity index (χ3v) is 3.27. The summed E-state index contributed by atoms with van der Waals surface area (Å²) >= 11 is 0. The lowest BCUT2D eigenvalue weighted by atomic mass is 10.0. The molecule has 21 heavy (non-hydrogen) atoms. The van der Waals surface area contributed by atoms with Crippen molar-refractivity contribution in [3.8, 4) is 22.5 Å². The van der Waals surface area contributed by atoms with Gasteiger partial charge < -0.3 is 4.98 Å². The molecule has 4 heteroatoms. The molecule has 0 unspecified atom stereocenters. The highest BCUT2D eigenvalue weighted by Crippen LogP contribution is 2.25. The molecule has 0 bridgehead atoms. The van der Waals surface area contributed by atoms with Crippen LogP contribution < -0.4 is 5.69 Å². The number of alkyl halides is 1. The van der Waals surface area contributed by atoms with Crippen LogP contribution in [-0.2, 0) is 6.67 Å². The van der Waals surface area contributed by atoms with E-state index in [4.69, 9.17) is 0 Å². The number of aromatic amines is 1. The van der Waals surface area contributed by atoms with Gasteiger partial charge in [-0.3, -0.25) is 0 Å². The van der Waals surface area contributed by atoms with Gasteiger partial charge in [0.15, 0.2) is 0 Å². The summed E-state index contributed by atoms with van der Waals surface area (Å²) in [4.78, 5) is 18.5. The fraction of sp³-hybridized carbons (Fsp3) is 0.0588. The van der Waals surface area contributed by atoms with E-state index in [1.807, 2.05) is 36.4 Å². The van der Waals surface area contributed by atoms with Gasteiger partial charge in [-0.1, -0.05) is 54.6 Å². The predicted molar refractivity (Wildman–Crippen MR) is 80.5 cm³/mol. The Morgan fingerprint density at radius 1 is 1.00 bits per heavy atom. The number of hydrogen-bond acceptors (Lipinski definition) is 2. The van der Waals surface area contributed by atoms with Crippen molar-refractivity contribution in [2.75, 3.05) is 0 Å². The number of rotatable bonds is 3. The van der Waals surface area contributed by atoms with Gasteiger partial charge in [0.2, 0.25) is 0 Å². The molecule has 0 atom stereocenters. The highest BCUT2D eigenvalue weighted by atomic mass is 19.1. The Balaban J connectivity index is 2.17. The quantitative estimate of drug-likeness (QED) is 0.797. The molecule has 1 N–H and O–H groups in total. The SMILES string of the molecule is O=c1nc(-c2ccccc2)cc(-c2ccccc2CF)[nH]1. The minimum Gasteiger partial charge on any atom is -0.305 e. The number of nitrogens with zero attached hydrogens (tertiary/aromatic N) is 1. The molecular formula is C17H13FN2O. The molecule has 3 nitrogen and oxygen atoms in total. The molecule has 0 amide bonds. The maximum absolute atomic E-state index is 13.1. The van der Waals surface area contributed by atoms with Crippen molar-refractivity contribution in [2.45, 2.75) is 6.67 Å². The summed E-state index contributed by atoms with van der Waals surface area (Å²) in [5, 5.41) is 0. The van der Waals surface area contributed by atoms with Gasteiger partial charge in [-0.15, -0.1) is 0 Å². The van der Waals surface area contributed by atoms with Crippen LogP contribution in [0.1, 0.15) is 5.56 Å². The molecule has 104 valence electrons. The maximum atomic E-state index is 13.1. The van der Waals surface area contributed by atoms with Gasteiger partial charge in [-0.25, -0.2) is 9.18 Å². The van der Waals surface area contributed by atoms with E-state index in [0.717, 1.165) is 5.56 Å². The van der Waals surface area contributed by atoms with E-state index in [1.54, 1.807) is 24.3 Å². The summed E-state index contributed by atoms with van der Waals surface area (Å²) in [5.74, 6) is 0. The number of hydrogen-bond donors (Lipinski definition) is 1. The molecule has 1 heterocycles. The second kappa shape index (κ2) is 5.71. The largest absolute Gasteiger partial charge is 0.345 e. The fourth-order valence-electron chi connectivity index (χ4n) is 2.26. The van der Waals surface area contributed by atoms with Crippen molar-refractivity contribution in [1.29, 1.82) is 0 Å². The second-order valence-electron chi connectivity index (χ2n) is 4.64. The molecule has 3 rings (SSSR count). The normalized spacial score (nSPS) is 10.5. The Morgan fingerprint density at radius 2 is 1.71 bits per heavy atom. The zero-order valence-corrected chi connectivity index (χ0v) is 11.2. The Morgan fingerprint density at radius 3 is 2.48 bits per heavy atom. The summed E-state index contributed by atoms with van der Waals surface area (Å²) in [6.07, 6.45) is 0. The average molecular weight is 280 g/mol. The minimum atomic E-state index is -0.582. The van der Waals surface area contributed by atoms with E-state index in [9.17, 15) is 9.18 Å². The molecule has 0 saturated heterocycles. The Bertz CT molecular complexity index is 812. The molecule has 3 aromatic rings. The number of H-pyrrole nitrogens is 1. The van der Waals surface area contributed by atoms with Crippen LogP contribution in [0.3, 0.4) is 0 Å². The van der Waals surface area contributed by atoms with Crippen molar-refractivity contribution >= 4 is 0 Å². The molecule has 0 aliphatic carbocycles. The van der Waals surface area contributed by atoms with Crippen LogP contribution in [0.2, 0.25) is 0 Å². The van der Waals surface area contributed by atoms with E-state index in [-0.39, 0.29) is 0 Å². The van der Waals surface area contributed by atoms with Crippen molar-refractivity contribution < 1.29 is 4.39 Å². The highest BCUT2D eigenvalue weighted by molar-refractivity contribution is 5.69. The Labute approximate surface area is 121 Å². The average Bonchev–Trinajstić information content (AvgIpc) is 2.55. The number of nitrogens with one attached hydrogen (secondary N) is 1. The molecule has 0 aliphatic heterocycles. The molecule has 0 fully saturated rings. The lowest BCUT2D eigenvalue weighted by Gasteiger charge is -2.08. The number of halogens is 1. The zero-order chi connectivity index (χ0) is 14.7. The first-order valence-electron chi connectivity index (χ1n) is 6.59. The summed E-state index contributed by atoms with van der Waals surface area (Å²) in [6.45, 7) is -0.582. The predicted octanol–water partition coefficient (Wildman–Crippen LogP) is 3.57. The minimum absolute atomic E-state index is 0.444. The Kier molecular flexibility index (Phi) is 3.60. The Hall–Kier alpha value is -2.75. The summed E-state index contributed by atoms with van der Waals surface area (Å²) < 4.78 is 13.1. The summed E-state index contributed by atoms with van der Waals surface area (Å²) in [7, 11) is 0. The molecule has 0 radical (unpaired) electrons. The van der Waals surface area contributed by atoms with Crippen molar-refractivity contribution in [2.24, 2.45) is 0 Å². The standard InChI is InChI=1S/C17H13FN2O/c18-11-13-8-4-5-9-14(13)16-10-15(19-17(21)20-16)12-6-2-1-3-7-12/h1-10H,11H2,(H,19,20,21). The van der Waals surface area contributed by atoms with Gasteiger partial charge in [0, 0.05) is 11.1 Å². The maximum Gasteiger partial charge on any atom is 0.345 e. The molecule has 1 aromatic heterocycles. The third-order valence-electron chi connectivity index (χ3n) is 3.27. The van der Waals surface area contributed by atoms with Crippen molar-refractivity contribution in [3.05, 3.63) is 76.7 Å². The van der Waals surface area contributed by atoms with Crippen LogP contribution in [0.4, 0.5) is 4.39 Å². The van der Waals surface area contributed by atoms with Gasteiger partial charge in [-0.05, 0) is 11.6 Å². The van der Waals surface area contributed by atoms with Crippen LogP contribution in [0, 0.1) is 0 Å². The topological polar surface area (TPSA) is 45.8 Å². The molecular weight excluding hydrogens is 267 g/mol. The van der Waals surface area contributed by atoms with Crippen LogP contribution in [-0.4, -0.2) is 9.97 Å². The molecule has 2 aromatic carbocycles. The molecule has 0 aliphatic rings. The van der Waals surface area contributed by atoms with Gasteiger partial charge in [-0.2, -0.15) is 4.98 Å². The van der Waals surface area contributed by atoms with E-state index in [1.165, 1.54) is 0 Å². The van der Waals surface area contributed by atoms with Gasteiger partial charge in [0.05, 0.1) is 11.4 Å². The summed E-state index contributed by atoms with van der Waals surface area (Å²) in [6, 6.07) is 18.3. The first-order chi connectivity index (χ1) is 10.3. The van der Waals surface area contributed by atoms with Crippen LogP contribution in [0.5, 0.6) is 0 Å². The number of benzene rings is 2. The van der Waals surface area contributed by atoms with Crippen LogP contribution in [0.25, 0.3) is 22.5 Å². The van der Waals surface area contributed by atoms with E-state index < -0.39 is 12.4 Å². The van der Waals surface area contributed by atoms with Crippen molar-refractivity contribution in [3.63, 3.8) is 0 Å². The fourth-order valence-corrected chi connectivity index (χ4v) is 2.26. The van der Waals surface area contributed by atoms with E-state index in [2.05, 4.69) is 9.97 Å². The zero-order valence-electron chi connectivity index (χ0n) is 11.2. The van der Waals surface area contributed by atoms with Gasteiger partial charge >= 0.3 is 5.69 Å². The summed E-state index contributed by atoms with van der Waals surface area (Å²) in [5.41, 5.74) is 2.77. The van der Waals surface area contributed by atoms with Crippen LogP contribution >= 0.6 is 0 Å². The van der Waals surface area contributed by atoms with Crippen LogP contribution in [0.15, 0.2) is 65.5 Å². The first kappa shape index (κ1) is 13.2. The lowest BCUT2D eigenvalue weighted by Crippen LogP contribution is -2.12. The molecule has 0 saturated carbocycles. The third kappa shape index (κ3) is 2.74. The smallest absolute Gasteiger partial charge is 0.305 e. The first-order valence-corrected chi connectivity index (χ1v) is 6.59. The monoisotopic (exact) mass is 280 g/mol. The molecule has 0 spiro atoms. The van der Waals surface area contributed by atoms with Gasteiger partial charge in [0.1, 0.15) is 6.67 Å². The lowest BCUT2D eigenvalue weighted by molar-refractivity contribution is 0.486. The highest BCUT2D eigenvalue weighted by Gasteiger charge is 2.08. The van der Waals surface area contributed by atoms with E-state index >= 15 is 0 Å². The number of aromatic nitrogens is 2. The van der Waals surface area contributed by atoms with E-state index in [0.29, 0.717) is 22.5 Å². The van der Waals surface area contributed by atoms with Crippen molar-refractivity contribution in [1.82, 2.24) is 9.97 Å². The van der Waals surface area contributed by atoms with Gasteiger partial charge in [0.25, 0.3) is 0 Å². The second-order valence-corrected chi connectivity index (χ2v) is 4.64.